The van der Waals surface area contributed by atoms with Crippen molar-refractivity contribution >= 4 is 8.32 Å². The summed E-state index contributed by atoms with van der Waals surface area (Å²) in [6.07, 6.45) is 15.5. The zero-order valence-corrected chi connectivity index (χ0v) is 13.8. The summed E-state index contributed by atoms with van der Waals surface area (Å²) < 4.78 is 5.99. The van der Waals surface area contributed by atoms with E-state index in [4.69, 9.17) is 4.43 Å². The first-order chi connectivity index (χ1) is 8.33. The molecule has 0 heterocycles. The lowest BCUT2D eigenvalue weighted by molar-refractivity contribution is 0.419. The van der Waals surface area contributed by atoms with E-state index in [2.05, 4.69) is 52.1 Å². The fraction of sp³-hybridized carbons (Fsp3) is 0.750. The fourth-order valence-electron chi connectivity index (χ4n) is 1.98. The molecule has 104 valence electrons. The Balaban J connectivity index is 2.34. The minimum absolute atomic E-state index is 0.282. The van der Waals surface area contributed by atoms with Crippen molar-refractivity contribution in [2.24, 2.45) is 5.92 Å². The van der Waals surface area contributed by atoms with Crippen LogP contribution in [0, 0.1) is 5.92 Å². The molecule has 18 heavy (non-hydrogen) atoms. The van der Waals surface area contributed by atoms with Crippen LogP contribution in [0.5, 0.6) is 0 Å². The maximum Gasteiger partial charge on any atom is 0.249 e. The first kappa shape index (κ1) is 15.6. The van der Waals surface area contributed by atoms with Gasteiger partial charge in [0, 0.05) is 0 Å². The molecule has 0 amide bonds. The van der Waals surface area contributed by atoms with Crippen LogP contribution in [0.4, 0.5) is 0 Å². The Morgan fingerprint density at radius 1 is 1.00 bits per heavy atom. The average molecular weight is 267 g/mol. The highest BCUT2D eigenvalue weighted by Gasteiger charge is 2.37. The number of hydrogen-bond acceptors (Lipinski definition) is 1. The maximum absolute atomic E-state index is 5.99. The molecule has 0 atom stereocenters. The third-order valence-corrected chi connectivity index (χ3v) is 8.73. The summed E-state index contributed by atoms with van der Waals surface area (Å²) in [4.78, 5) is 0. The number of allylic oxidation sites excluding steroid dienone is 3. The number of hydrogen-bond donors (Lipinski definition) is 0. The molecule has 0 aliphatic heterocycles. The quantitative estimate of drug-likeness (QED) is 0.362. The summed E-state index contributed by atoms with van der Waals surface area (Å²) in [6.45, 7) is 11.4. The molecule has 0 aromatic carbocycles. The second kappa shape index (κ2) is 6.60. The van der Waals surface area contributed by atoms with Crippen molar-refractivity contribution in [3.05, 3.63) is 24.5 Å². The van der Waals surface area contributed by atoms with Gasteiger partial charge in [0.15, 0.2) is 0 Å². The van der Waals surface area contributed by atoms with Gasteiger partial charge in [-0.15, -0.1) is 0 Å². The molecule has 0 aromatic heterocycles. The predicted octanol–water partition coefficient (Wildman–Crippen LogP) is 5.66. The van der Waals surface area contributed by atoms with Crippen LogP contribution in [0.25, 0.3) is 0 Å². The lowest BCUT2D eigenvalue weighted by Crippen LogP contribution is -2.39. The molecule has 0 unspecified atom stereocenters. The van der Waals surface area contributed by atoms with E-state index < -0.39 is 8.32 Å². The Kier molecular flexibility index (Phi) is 5.70. The van der Waals surface area contributed by atoms with Gasteiger partial charge >= 0.3 is 0 Å². The molecular weight excluding hydrogens is 236 g/mol. The highest BCUT2D eigenvalue weighted by molar-refractivity contribution is 6.74. The highest BCUT2D eigenvalue weighted by atomic mass is 28.4. The normalized spacial score (nSPS) is 19.8. The van der Waals surface area contributed by atoms with Crippen LogP contribution in [0.15, 0.2) is 24.5 Å². The second-order valence-electron chi connectivity index (χ2n) is 6.99. The molecule has 1 saturated carbocycles. The van der Waals surface area contributed by atoms with E-state index in [0.717, 1.165) is 5.92 Å². The first-order valence-electron chi connectivity index (χ1n) is 7.34. The van der Waals surface area contributed by atoms with Crippen LogP contribution in [-0.2, 0) is 4.43 Å². The van der Waals surface area contributed by atoms with E-state index in [1.54, 1.807) is 0 Å². The fourth-order valence-corrected chi connectivity index (χ4v) is 2.75. The molecule has 1 aliphatic rings. The highest BCUT2D eigenvalue weighted by Crippen LogP contribution is 2.36. The van der Waals surface area contributed by atoms with Crippen molar-refractivity contribution in [2.45, 2.75) is 71.0 Å². The predicted molar refractivity (Wildman–Crippen MR) is 83.1 cm³/mol. The summed E-state index contributed by atoms with van der Waals surface area (Å²) >= 11 is 0. The Morgan fingerprint density at radius 3 is 2.17 bits per heavy atom. The third kappa shape index (κ3) is 5.01. The molecule has 0 bridgehead atoms. The van der Waals surface area contributed by atoms with Crippen LogP contribution in [0.2, 0.25) is 18.1 Å². The minimum atomic E-state index is -1.62. The van der Waals surface area contributed by atoms with E-state index in [1.807, 2.05) is 6.26 Å². The lowest BCUT2D eigenvalue weighted by atomic mass is 9.89. The zero-order chi connectivity index (χ0) is 13.6. The van der Waals surface area contributed by atoms with Gasteiger partial charge in [-0.3, -0.25) is 0 Å². The van der Waals surface area contributed by atoms with Gasteiger partial charge in [0.25, 0.3) is 0 Å². The summed E-state index contributed by atoms with van der Waals surface area (Å²) in [5.74, 6) is 0.802. The lowest BCUT2D eigenvalue weighted by Gasteiger charge is -2.34. The van der Waals surface area contributed by atoms with Crippen molar-refractivity contribution in [2.75, 3.05) is 0 Å². The third-order valence-electron chi connectivity index (χ3n) is 4.39. The van der Waals surface area contributed by atoms with Crippen LogP contribution in [0.3, 0.4) is 0 Å². The molecule has 1 rings (SSSR count). The second-order valence-corrected chi connectivity index (χ2v) is 11.7. The average Bonchev–Trinajstić information content (AvgIpc) is 2.28. The SMILES string of the molecule is CC(C)(C)[Si](C)(C)O/C=C\C=C\C1CCCCC1. The van der Waals surface area contributed by atoms with Crippen molar-refractivity contribution in [1.82, 2.24) is 0 Å². The summed E-state index contributed by atoms with van der Waals surface area (Å²) in [5.41, 5.74) is 0. The Hall–Kier alpha value is -0.503. The Morgan fingerprint density at radius 2 is 1.61 bits per heavy atom. The van der Waals surface area contributed by atoms with Crippen molar-refractivity contribution < 1.29 is 4.43 Å². The molecule has 2 heteroatoms. The molecule has 0 spiro atoms. The number of rotatable bonds is 4. The van der Waals surface area contributed by atoms with E-state index in [9.17, 15) is 0 Å². The molecule has 0 N–H and O–H groups in total. The topological polar surface area (TPSA) is 9.23 Å². The molecule has 0 aromatic rings. The zero-order valence-electron chi connectivity index (χ0n) is 12.8. The van der Waals surface area contributed by atoms with Crippen LogP contribution < -0.4 is 0 Å². The molecule has 0 radical (unpaired) electrons. The van der Waals surface area contributed by atoms with Gasteiger partial charge in [0.1, 0.15) is 0 Å². The Bertz CT molecular complexity index is 291. The van der Waals surface area contributed by atoms with Crippen LogP contribution in [0.1, 0.15) is 52.9 Å². The summed E-state index contributed by atoms with van der Waals surface area (Å²) in [5, 5.41) is 0.282. The van der Waals surface area contributed by atoms with Gasteiger partial charge in [-0.2, -0.15) is 0 Å². The van der Waals surface area contributed by atoms with Gasteiger partial charge in [-0.1, -0.05) is 52.2 Å². The molecule has 0 saturated heterocycles. The molecule has 1 aliphatic carbocycles. The van der Waals surface area contributed by atoms with E-state index in [1.165, 1.54) is 32.1 Å². The van der Waals surface area contributed by atoms with Gasteiger partial charge in [0.2, 0.25) is 8.32 Å². The van der Waals surface area contributed by atoms with Gasteiger partial charge < -0.3 is 4.43 Å². The van der Waals surface area contributed by atoms with E-state index in [-0.39, 0.29) is 5.04 Å². The summed E-state index contributed by atoms with van der Waals surface area (Å²) in [6, 6.07) is 0. The summed E-state index contributed by atoms with van der Waals surface area (Å²) in [7, 11) is -1.62. The van der Waals surface area contributed by atoms with Gasteiger partial charge in [0.05, 0.1) is 6.26 Å². The van der Waals surface area contributed by atoms with Gasteiger partial charge in [-0.25, -0.2) is 0 Å². The molecule has 1 fully saturated rings. The van der Waals surface area contributed by atoms with Crippen LogP contribution in [-0.4, -0.2) is 8.32 Å². The van der Waals surface area contributed by atoms with E-state index in [0.29, 0.717) is 0 Å². The van der Waals surface area contributed by atoms with Crippen molar-refractivity contribution in [3.63, 3.8) is 0 Å². The van der Waals surface area contributed by atoms with E-state index >= 15 is 0 Å². The standard InChI is InChI=1S/C16H30OSi/c1-16(2,3)18(4,5)17-14-10-9-13-15-11-7-6-8-12-15/h9-10,13-15H,6-8,11-12H2,1-5H3/b13-9+,14-10-. The Labute approximate surface area is 114 Å². The largest absolute Gasteiger partial charge is 0.549 e. The van der Waals surface area contributed by atoms with Gasteiger partial charge in [-0.05, 0) is 43.0 Å². The molecule has 1 nitrogen and oxygen atoms in total. The van der Waals surface area contributed by atoms with Crippen molar-refractivity contribution in [1.29, 1.82) is 0 Å². The smallest absolute Gasteiger partial charge is 0.249 e. The van der Waals surface area contributed by atoms with Crippen LogP contribution >= 0.6 is 0 Å². The van der Waals surface area contributed by atoms with Crippen molar-refractivity contribution in [3.8, 4) is 0 Å². The maximum atomic E-state index is 5.99. The monoisotopic (exact) mass is 266 g/mol. The minimum Gasteiger partial charge on any atom is -0.549 e. The first-order valence-corrected chi connectivity index (χ1v) is 10.2. The molecular formula is C16H30OSi.